The van der Waals surface area contributed by atoms with Crippen LogP contribution in [-0.2, 0) is 28.6 Å². The molecule has 3 spiro atoms. The number of carboxylic acid groups (broad SMARTS) is 1. The predicted molar refractivity (Wildman–Crippen MR) is 140 cm³/mol. The van der Waals surface area contributed by atoms with Gasteiger partial charge in [0, 0.05) is 37.0 Å². The van der Waals surface area contributed by atoms with Crippen LogP contribution in [0.5, 0.6) is 0 Å². The van der Waals surface area contributed by atoms with Crippen molar-refractivity contribution in [2.75, 3.05) is 6.61 Å². The number of rotatable bonds is 5. The summed E-state index contributed by atoms with van der Waals surface area (Å²) in [6.45, 7) is 12.0. The lowest BCUT2D eigenvalue weighted by Crippen LogP contribution is -2.61. The van der Waals surface area contributed by atoms with E-state index < -0.39 is 40.6 Å². The lowest BCUT2D eigenvalue weighted by molar-refractivity contribution is -0.205. The molecule has 6 aliphatic rings. The van der Waals surface area contributed by atoms with Gasteiger partial charge in [-0.1, -0.05) is 20.8 Å². The molecular weight excluding hydrogens is 500 g/mol. The molecular formula is C31H46O8. The van der Waals surface area contributed by atoms with Gasteiger partial charge < -0.3 is 24.4 Å². The molecule has 6 rings (SSSR count). The minimum atomic E-state index is -0.884. The maximum Gasteiger partial charge on any atom is 0.303 e. The van der Waals surface area contributed by atoms with Crippen LogP contribution in [0.15, 0.2) is 0 Å². The van der Waals surface area contributed by atoms with E-state index in [1.165, 1.54) is 13.8 Å². The Kier molecular flexibility index (Phi) is 5.79. The zero-order valence-corrected chi connectivity index (χ0v) is 24.4. The second-order valence-corrected chi connectivity index (χ2v) is 15.1. The molecule has 0 aromatic carbocycles. The van der Waals surface area contributed by atoms with Gasteiger partial charge in [-0.05, 0) is 86.4 Å². The summed E-state index contributed by atoms with van der Waals surface area (Å²) in [6, 6.07) is 0. The molecule has 6 fully saturated rings. The molecule has 0 bridgehead atoms. The number of hydrogen-bond acceptors (Lipinski definition) is 7. The van der Waals surface area contributed by atoms with E-state index in [0.717, 1.165) is 44.9 Å². The molecule has 2 N–H and O–H groups in total. The van der Waals surface area contributed by atoms with E-state index in [1.807, 2.05) is 6.92 Å². The molecule has 1 aliphatic heterocycles. The fourth-order valence-corrected chi connectivity index (χ4v) is 12.1. The predicted octanol–water partition coefficient (Wildman–Crippen LogP) is 4.50. The Bertz CT molecular complexity index is 1100. The fourth-order valence-electron chi connectivity index (χ4n) is 12.1. The molecule has 5 aliphatic carbocycles. The van der Waals surface area contributed by atoms with Crippen LogP contribution >= 0.6 is 0 Å². The Balaban J connectivity index is 1.47. The first-order valence-electron chi connectivity index (χ1n) is 15.0. The monoisotopic (exact) mass is 546 g/mol. The van der Waals surface area contributed by atoms with Crippen LogP contribution in [-0.4, -0.2) is 58.6 Å². The topological polar surface area (TPSA) is 119 Å². The van der Waals surface area contributed by atoms with Gasteiger partial charge in [0.1, 0.15) is 12.2 Å². The number of fused-ring (bicyclic) bond motifs is 1. The highest BCUT2D eigenvalue weighted by molar-refractivity contribution is 5.68. The molecule has 3 unspecified atom stereocenters. The van der Waals surface area contributed by atoms with Gasteiger partial charge in [-0.25, -0.2) is 0 Å². The van der Waals surface area contributed by atoms with Crippen LogP contribution in [0.3, 0.4) is 0 Å². The van der Waals surface area contributed by atoms with Crippen LogP contribution < -0.4 is 0 Å². The molecule has 0 radical (unpaired) electrons. The third kappa shape index (κ3) is 3.22. The Morgan fingerprint density at radius 2 is 1.49 bits per heavy atom. The van der Waals surface area contributed by atoms with Crippen molar-refractivity contribution in [3.8, 4) is 0 Å². The lowest BCUT2D eigenvalue weighted by atomic mass is 9.41. The minimum absolute atomic E-state index is 0.0413. The van der Waals surface area contributed by atoms with E-state index in [2.05, 4.69) is 20.8 Å². The molecule has 5 saturated carbocycles. The van der Waals surface area contributed by atoms with E-state index >= 15 is 0 Å². The highest BCUT2D eigenvalue weighted by Gasteiger charge is 2.87. The minimum Gasteiger partial charge on any atom is -0.481 e. The van der Waals surface area contributed by atoms with Gasteiger partial charge in [0.25, 0.3) is 0 Å². The lowest BCUT2D eigenvalue weighted by Gasteiger charge is -2.63. The number of hydrogen-bond donors (Lipinski definition) is 2. The summed E-state index contributed by atoms with van der Waals surface area (Å²) in [5.74, 6) is -1.24. The van der Waals surface area contributed by atoms with Crippen molar-refractivity contribution in [2.24, 2.45) is 44.8 Å². The average molecular weight is 547 g/mol. The molecule has 1 saturated heterocycles. The third-order valence-corrected chi connectivity index (χ3v) is 13.6. The molecule has 8 nitrogen and oxygen atoms in total. The highest BCUT2D eigenvalue weighted by atomic mass is 16.6. The molecule has 0 amide bonds. The van der Waals surface area contributed by atoms with Crippen molar-refractivity contribution in [3.63, 3.8) is 0 Å². The third-order valence-electron chi connectivity index (χ3n) is 13.6. The fraction of sp³-hybridized carbons (Fsp3) is 0.903. The number of aliphatic hydroxyl groups is 1. The number of carbonyl (C=O) groups is 3. The van der Waals surface area contributed by atoms with Crippen molar-refractivity contribution >= 4 is 17.9 Å². The van der Waals surface area contributed by atoms with Crippen LogP contribution in [0, 0.1) is 44.8 Å². The second-order valence-electron chi connectivity index (χ2n) is 15.1. The van der Waals surface area contributed by atoms with Crippen molar-refractivity contribution in [1.29, 1.82) is 0 Å². The summed E-state index contributed by atoms with van der Waals surface area (Å²) in [4.78, 5) is 36.8. The summed E-state index contributed by atoms with van der Waals surface area (Å²) in [5.41, 5.74) is -1.53. The van der Waals surface area contributed by atoms with Crippen molar-refractivity contribution < 1.29 is 38.8 Å². The number of carbonyl (C=O) groups excluding carboxylic acids is 2. The van der Waals surface area contributed by atoms with Crippen molar-refractivity contribution in [3.05, 3.63) is 0 Å². The zero-order chi connectivity index (χ0) is 28.4. The van der Waals surface area contributed by atoms with E-state index in [4.69, 9.17) is 14.2 Å². The van der Waals surface area contributed by atoms with E-state index in [0.29, 0.717) is 18.9 Å². The zero-order valence-electron chi connectivity index (χ0n) is 24.4. The van der Waals surface area contributed by atoms with Gasteiger partial charge in [-0.2, -0.15) is 0 Å². The number of aliphatic carboxylic acids is 1. The first-order chi connectivity index (χ1) is 18.1. The Labute approximate surface area is 231 Å². The summed E-state index contributed by atoms with van der Waals surface area (Å²) < 4.78 is 18.9. The van der Waals surface area contributed by atoms with E-state index in [-0.39, 0.29) is 46.6 Å². The molecule has 8 heteroatoms. The maximum atomic E-state index is 12.6. The van der Waals surface area contributed by atoms with Crippen LogP contribution in [0.2, 0.25) is 0 Å². The second kappa shape index (κ2) is 8.21. The Morgan fingerprint density at radius 1 is 0.872 bits per heavy atom. The molecule has 0 aromatic heterocycles. The van der Waals surface area contributed by atoms with Crippen LogP contribution in [0.4, 0.5) is 0 Å². The molecule has 0 aromatic rings. The van der Waals surface area contributed by atoms with E-state index in [9.17, 15) is 24.6 Å². The summed E-state index contributed by atoms with van der Waals surface area (Å²) in [6.07, 6.45) is 5.59. The van der Waals surface area contributed by atoms with Gasteiger partial charge >= 0.3 is 17.9 Å². The molecule has 218 valence electrons. The standard InChI is InChI=1S/C31H46O8/c1-17(32)38-23-24-27(5,11-10-22(35)36)37-16-31(24)14-13-30-15-29(30)12-9-21(34)26(3,4)19(29)7-8-20(30)28(31,6)25(23)39-18(2)33/h19-21,23-25,34H,7-16H2,1-6H3,(H,35,36)/t19?,20?,21-,23+,24+,25+,27?,28+,29+,30-,31-/m0/s1. The number of ether oxygens (including phenoxy) is 3. The SMILES string of the molecule is CC(=O)O[C@@H]1[C@@H]2C(C)(CCC(=O)O)OC[C@@]23CC[C@@]24C[C@@]25CC[C@H](O)C(C)(C)C5CCC4[C@]3(C)[C@@H]1OC(C)=O. The number of esters is 2. The normalized spacial score (nSPS) is 52.4. The highest BCUT2D eigenvalue weighted by Crippen LogP contribution is 2.90. The number of aliphatic hydroxyl groups excluding tert-OH is 1. The quantitative estimate of drug-likeness (QED) is 0.484. The number of carboxylic acids is 1. The van der Waals surface area contributed by atoms with Gasteiger partial charge in [0.05, 0.1) is 18.3 Å². The van der Waals surface area contributed by atoms with Crippen LogP contribution in [0.1, 0.15) is 99.3 Å². The molecule has 39 heavy (non-hydrogen) atoms. The molecule has 11 atom stereocenters. The summed E-state index contributed by atoms with van der Waals surface area (Å²) in [7, 11) is 0. The van der Waals surface area contributed by atoms with Gasteiger partial charge in [-0.15, -0.1) is 0 Å². The van der Waals surface area contributed by atoms with Gasteiger partial charge in [0.2, 0.25) is 0 Å². The summed E-state index contributed by atoms with van der Waals surface area (Å²) in [5, 5.41) is 20.5. The van der Waals surface area contributed by atoms with Crippen molar-refractivity contribution in [2.45, 2.75) is 123 Å². The first-order valence-corrected chi connectivity index (χ1v) is 15.0. The maximum absolute atomic E-state index is 12.6. The Morgan fingerprint density at radius 3 is 2.13 bits per heavy atom. The van der Waals surface area contributed by atoms with Crippen LogP contribution in [0.25, 0.3) is 0 Å². The Hall–Kier alpha value is -1.67. The first kappa shape index (κ1) is 27.5. The van der Waals surface area contributed by atoms with Gasteiger partial charge in [0.15, 0.2) is 0 Å². The average Bonchev–Trinajstić information content (AvgIpc) is 3.34. The molecule has 1 heterocycles. The van der Waals surface area contributed by atoms with E-state index in [1.54, 1.807) is 0 Å². The van der Waals surface area contributed by atoms with Crippen molar-refractivity contribution in [1.82, 2.24) is 0 Å². The smallest absolute Gasteiger partial charge is 0.303 e. The van der Waals surface area contributed by atoms with Gasteiger partial charge in [-0.3, -0.25) is 14.4 Å². The summed E-state index contributed by atoms with van der Waals surface area (Å²) >= 11 is 0. The largest absolute Gasteiger partial charge is 0.481 e.